The lowest BCUT2D eigenvalue weighted by atomic mass is 10.0. The van der Waals surface area contributed by atoms with Crippen LogP contribution < -0.4 is 10.6 Å². The molecule has 2 fully saturated rings. The quantitative estimate of drug-likeness (QED) is 0.353. The summed E-state index contributed by atoms with van der Waals surface area (Å²) in [6.45, 7) is 8.62. The number of benzene rings is 1. The molecule has 0 amide bonds. The molecule has 1 aliphatic heterocycles. The first-order valence-corrected chi connectivity index (χ1v) is 9.74. The van der Waals surface area contributed by atoms with Crippen molar-refractivity contribution in [2.45, 2.75) is 38.3 Å². The first-order chi connectivity index (χ1) is 13.0. The molecule has 1 aromatic rings. The molecule has 3 rings (SSSR count). The van der Waals surface area contributed by atoms with Crippen molar-refractivity contribution in [3.63, 3.8) is 0 Å². The summed E-state index contributed by atoms with van der Waals surface area (Å²) < 4.78 is 33.4. The minimum atomic E-state index is -0.473. The first kappa shape index (κ1) is 23.3. The molecule has 2 N–H and O–H groups in total. The Hall–Kier alpha value is -1.000. The molecule has 0 bridgehead atoms. The molecule has 1 aliphatic carbocycles. The van der Waals surface area contributed by atoms with Crippen molar-refractivity contribution in [2.24, 2.45) is 10.9 Å². The van der Waals surface area contributed by atoms with Gasteiger partial charge in [-0.05, 0) is 24.5 Å². The second-order valence-corrected chi connectivity index (χ2v) is 7.64. The average Bonchev–Trinajstić information content (AvgIpc) is 3.40. The average molecular weight is 508 g/mol. The van der Waals surface area contributed by atoms with E-state index < -0.39 is 11.6 Å². The zero-order chi connectivity index (χ0) is 19.4. The summed E-state index contributed by atoms with van der Waals surface area (Å²) in [6, 6.07) is 4.42. The highest BCUT2D eigenvalue weighted by Gasteiger charge is 2.42. The van der Waals surface area contributed by atoms with E-state index in [1.54, 1.807) is 7.05 Å². The smallest absolute Gasteiger partial charge is 0.191 e. The zero-order valence-corrected chi connectivity index (χ0v) is 19.1. The summed E-state index contributed by atoms with van der Waals surface area (Å²) in [6.07, 6.45) is 0.704. The Kier molecular flexibility index (Phi) is 8.88. The lowest BCUT2D eigenvalue weighted by Gasteiger charge is -2.37. The molecular weight excluding hydrogens is 477 g/mol. The highest BCUT2D eigenvalue weighted by Crippen LogP contribution is 2.43. The molecule has 1 saturated heterocycles. The molecule has 28 heavy (non-hydrogen) atoms. The third-order valence-corrected chi connectivity index (χ3v) is 5.47. The van der Waals surface area contributed by atoms with Crippen LogP contribution in [0, 0.1) is 17.6 Å². The van der Waals surface area contributed by atoms with E-state index in [9.17, 15) is 8.78 Å². The van der Waals surface area contributed by atoms with Crippen molar-refractivity contribution >= 4 is 29.9 Å². The van der Waals surface area contributed by atoms with Gasteiger partial charge in [-0.25, -0.2) is 8.78 Å². The van der Waals surface area contributed by atoms with E-state index in [0.29, 0.717) is 24.3 Å². The summed E-state index contributed by atoms with van der Waals surface area (Å²) in [5.74, 6) is 0.0804. The number of aliphatic imine (C=N–C) groups is 1. The first-order valence-electron chi connectivity index (χ1n) is 9.74. The maximum atomic E-state index is 14.0. The molecule has 1 aromatic carbocycles. The predicted octanol–water partition coefficient (Wildman–Crippen LogP) is 2.96. The van der Waals surface area contributed by atoms with Crippen LogP contribution >= 0.6 is 24.0 Å². The molecule has 158 valence electrons. The second-order valence-electron chi connectivity index (χ2n) is 7.64. The molecule has 3 unspecified atom stereocenters. The minimum Gasteiger partial charge on any atom is -0.379 e. The van der Waals surface area contributed by atoms with Crippen molar-refractivity contribution in [1.82, 2.24) is 15.5 Å². The van der Waals surface area contributed by atoms with Gasteiger partial charge in [0.2, 0.25) is 0 Å². The van der Waals surface area contributed by atoms with Crippen LogP contribution in [0.25, 0.3) is 0 Å². The number of halogens is 3. The van der Waals surface area contributed by atoms with E-state index in [1.165, 1.54) is 18.2 Å². The van der Waals surface area contributed by atoms with Crippen LogP contribution in [0.5, 0.6) is 0 Å². The fourth-order valence-electron chi connectivity index (χ4n) is 3.81. The van der Waals surface area contributed by atoms with Gasteiger partial charge >= 0.3 is 0 Å². The number of hydrogen-bond donors (Lipinski definition) is 2. The number of nitrogens with zero attached hydrogens (tertiary/aromatic N) is 2. The van der Waals surface area contributed by atoms with Gasteiger partial charge in [0.1, 0.15) is 11.6 Å². The Bertz CT molecular complexity index is 647. The second kappa shape index (κ2) is 10.7. The fourth-order valence-corrected chi connectivity index (χ4v) is 3.81. The van der Waals surface area contributed by atoms with Gasteiger partial charge in [0.25, 0.3) is 0 Å². The van der Waals surface area contributed by atoms with E-state index in [1.807, 2.05) is 0 Å². The number of rotatable bonds is 6. The molecule has 2 aliphatic rings. The summed E-state index contributed by atoms with van der Waals surface area (Å²) >= 11 is 0. The number of guanidine groups is 1. The normalized spacial score (nSPS) is 23.9. The molecular formula is C20H31F2IN4O. The van der Waals surface area contributed by atoms with Crippen molar-refractivity contribution in [2.75, 3.05) is 39.9 Å². The van der Waals surface area contributed by atoms with E-state index in [2.05, 4.69) is 34.4 Å². The Morgan fingerprint density at radius 2 is 1.89 bits per heavy atom. The summed E-state index contributed by atoms with van der Waals surface area (Å²) in [7, 11) is 1.72. The summed E-state index contributed by atoms with van der Waals surface area (Å²) in [5, 5.41) is 6.69. The Morgan fingerprint density at radius 1 is 1.25 bits per heavy atom. The number of morpholine rings is 1. The van der Waals surface area contributed by atoms with Crippen LogP contribution in [0.3, 0.4) is 0 Å². The predicted molar refractivity (Wildman–Crippen MR) is 118 cm³/mol. The zero-order valence-electron chi connectivity index (χ0n) is 16.8. The fraction of sp³-hybridized carbons (Fsp3) is 0.650. The van der Waals surface area contributed by atoms with Gasteiger partial charge in [0.05, 0.1) is 13.2 Å². The summed E-state index contributed by atoms with van der Waals surface area (Å²) in [5.41, 5.74) is 0.179. The van der Waals surface area contributed by atoms with Gasteiger partial charge in [-0.1, -0.05) is 19.9 Å². The highest BCUT2D eigenvalue weighted by atomic mass is 127. The van der Waals surface area contributed by atoms with Gasteiger partial charge in [-0.15, -0.1) is 24.0 Å². The molecule has 8 heteroatoms. The SMILES string of the molecule is CN=C(NCC(C(C)C)N1CCOCC1)NC1CC1c1c(F)cccc1F.I. The Labute approximate surface area is 183 Å². The van der Waals surface area contributed by atoms with Crippen LogP contribution in [0.1, 0.15) is 31.7 Å². The van der Waals surface area contributed by atoms with Crippen LogP contribution in [0.4, 0.5) is 8.78 Å². The molecule has 1 saturated carbocycles. The van der Waals surface area contributed by atoms with Gasteiger partial charge in [-0.3, -0.25) is 9.89 Å². The van der Waals surface area contributed by atoms with Crippen LogP contribution in [0.15, 0.2) is 23.2 Å². The van der Waals surface area contributed by atoms with Crippen LogP contribution in [0.2, 0.25) is 0 Å². The van der Waals surface area contributed by atoms with E-state index in [0.717, 1.165) is 32.8 Å². The van der Waals surface area contributed by atoms with Gasteiger partial charge in [0.15, 0.2) is 5.96 Å². The Morgan fingerprint density at radius 3 is 2.46 bits per heavy atom. The van der Waals surface area contributed by atoms with E-state index in [4.69, 9.17) is 4.74 Å². The van der Waals surface area contributed by atoms with Gasteiger partial charge in [-0.2, -0.15) is 0 Å². The topological polar surface area (TPSA) is 48.9 Å². The van der Waals surface area contributed by atoms with Gasteiger partial charge < -0.3 is 15.4 Å². The van der Waals surface area contributed by atoms with Crippen molar-refractivity contribution in [3.05, 3.63) is 35.4 Å². The lowest BCUT2D eigenvalue weighted by Crippen LogP contribution is -2.52. The van der Waals surface area contributed by atoms with Crippen LogP contribution in [-0.2, 0) is 4.74 Å². The third-order valence-electron chi connectivity index (χ3n) is 5.47. The summed E-state index contributed by atoms with van der Waals surface area (Å²) in [4.78, 5) is 6.73. The number of ether oxygens (including phenoxy) is 1. The molecule has 0 spiro atoms. The van der Waals surface area contributed by atoms with Crippen molar-refractivity contribution in [1.29, 1.82) is 0 Å². The molecule has 5 nitrogen and oxygen atoms in total. The standard InChI is InChI=1S/C20H30F2N4O.HI/c1-13(2)18(26-7-9-27-10-8-26)12-24-20(23-3)25-17-11-14(17)19-15(21)5-4-6-16(19)22;/h4-6,13-14,17-18H,7-12H2,1-3H3,(H2,23,24,25);1H. The van der Waals surface area contributed by atoms with E-state index >= 15 is 0 Å². The molecule has 0 aromatic heterocycles. The largest absolute Gasteiger partial charge is 0.379 e. The van der Waals surface area contributed by atoms with Crippen LogP contribution in [-0.4, -0.2) is 62.8 Å². The van der Waals surface area contributed by atoms with Crippen molar-refractivity contribution < 1.29 is 13.5 Å². The van der Waals surface area contributed by atoms with Gasteiger partial charge in [0, 0.05) is 50.2 Å². The monoisotopic (exact) mass is 508 g/mol. The maximum absolute atomic E-state index is 14.0. The minimum absolute atomic E-state index is 0. The number of hydrogen-bond acceptors (Lipinski definition) is 3. The number of nitrogens with one attached hydrogen (secondary N) is 2. The van der Waals surface area contributed by atoms with E-state index in [-0.39, 0.29) is 41.5 Å². The Balaban J connectivity index is 0.00000280. The highest BCUT2D eigenvalue weighted by molar-refractivity contribution is 14.0. The lowest BCUT2D eigenvalue weighted by molar-refractivity contribution is 0.00752. The maximum Gasteiger partial charge on any atom is 0.191 e. The van der Waals surface area contributed by atoms with Crippen molar-refractivity contribution in [3.8, 4) is 0 Å². The molecule has 1 heterocycles. The molecule has 3 atom stereocenters. The third kappa shape index (κ3) is 5.76. The molecule has 0 radical (unpaired) electrons.